The highest BCUT2D eigenvalue weighted by Gasteiger charge is 2.19. The Labute approximate surface area is 170 Å². The van der Waals surface area contributed by atoms with Gasteiger partial charge >= 0.3 is 0 Å². The standard InChI is InChI=1S/C22H24N6O/c1-16-6-7-18(13-17(16)2)26-22(29)19-14-25-21(15-24-19)28-11-9-27(10-12-28)20-5-3-4-8-23-20/h3-8,13-15H,9-12H2,1-2H3,(H,26,29). The molecule has 1 saturated heterocycles. The van der Waals surface area contributed by atoms with Gasteiger partial charge in [-0.15, -0.1) is 0 Å². The van der Waals surface area contributed by atoms with Crippen molar-refractivity contribution in [2.45, 2.75) is 13.8 Å². The van der Waals surface area contributed by atoms with Gasteiger partial charge in [-0.05, 0) is 49.2 Å². The number of nitrogens with zero attached hydrogens (tertiary/aromatic N) is 5. The highest BCUT2D eigenvalue weighted by molar-refractivity contribution is 6.02. The summed E-state index contributed by atoms with van der Waals surface area (Å²) in [6.07, 6.45) is 5.03. The third-order valence-corrected chi connectivity index (χ3v) is 5.21. The van der Waals surface area contributed by atoms with Crippen LogP contribution in [0.5, 0.6) is 0 Å². The van der Waals surface area contributed by atoms with Crippen LogP contribution >= 0.6 is 0 Å². The van der Waals surface area contributed by atoms with Crippen molar-refractivity contribution in [2.24, 2.45) is 0 Å². The Kier molecular flexibility index (Phi) is 5.37. The van der Waals surface area contributed by atoms with Gasteiger partial charge in [-0.3, -0.25) is 4.79 Å². The van der Waals surface area contributed by atoms with Gasteiger partial charge < -0.3 is 15.1 Å². The minimum Gasteiger partial charge on any atom is -0.353 e. The zero-order valence-corrected chi connectivity index (χ0v) is 16.7. The number of carbonyl (C=O) groups is 1. The van der Waals surface area contributed by atoms with Crippen LogP contribution in [-0.4, -0.2) is 47.0 Å². The van der Waals surface area contributed by atoms with Crippen LogP contribution in [0.2, 0.25) is 0 Å². The van der Waals surface area contributed by atoms with Crippen molar-refractivity contribution < 1.29 is 4.79 Å². The van der Waals surface area contributed by atoms with Gasteiger partial charge in [0.15, 0.2) is 0 Å². The Balaban J connectivity index is 1.36. The zero-order chi connectivity index (χ0) is 20.2. The van der Waals surface area contributed by atoms with Gasteiger partial charge in [-0.1, -0.05) is 12.1 Å². The van der Waals surface area contributed by atoms with E-state index < -0.39 is 0 Å². The molecule has 3 aromatic rings. The highest BCUT2D eigenvalue weighted by atomic mass is 16.1. The lowest BCUT2D eigenvalue weighted by Crippen LogP contribution is -2.47. The molecule has 7 heteroatoms. The number of hydrogen-bond acceptors (Lipinski definition) is 6. The normalized spacial score (nSPS) is 14.0. The number of pyridine rings is 1. The van der Waals surface area contributed by atoms with Crippen molar-refractivity contribution in [3.05, 3.63) is 71.8 Å². The largest absolute Gasteiger partial charge is 0.353 e. The predicted molar refractivity (Wildman–Crippen MR) is 115 cm³/mol. The first-order valence-corrected chi connectivity index (χ1v) is 9.72. The van der Waals surface area contributed by atoms with E-state index in [0.29, 0.717) is 5.69 Å². The second-order valence-electron chi connectivity index (χ2n) is 7.18. The van der Waals surface area contributed by atoms with E-state index in [1.807, 2.05) is 56.4 Å². The number of aryl methyl sites for hydroxylation is 2. The molecule has 1 aliphatic heterocycles. The van der Waals surface area contributed by atoms with E-state index >= 15 is 0 Å². The van der Waals surface area contributed by atoms with E-state index in [2.05, 4.69) is 30.1 Å². The maximum absolute atomic E-state index is 12.5. The van der Waals surface area contributed by atoms with E-state index in [9.17, 15) is 4.79 Å². The van der Waals surface area contributed by atoms with Crippen LogP contribution in [-0.2, 0) is 0 Å². The van der Waals surface area contributed by atoms with Gasteiger partial charge in [0, 0.05) is 38.1 Å². The Morgan fingerprint density at radius 1 is 0.862 bits per heavy atom. The molecule has 1 fully saturated rings. The molecule has 0 radical (unpaired) electrons. The summed E-state index contributed by atoms with van der Waals surface area (Å²) in [5.41, 5.74) is 3.39. The van der Waals surface area contributed by atoms with Crippen molar-refractivity contribution in [3.63, 3.8) is 0 Å². The number of amides is 1. The smallest absolute Gasteiger partial charge is 0.275 e. The Bertz CT molecular complexity index is 982. The number of benzene rings is 1. The van der Waals surface area contributed by atoms with Crippen LogP contribution in [0.4, 0.5) is 17.3 Å². The van der Waals surface area contributed by atoms with Crippen LogP contribution < -0.4 is 15.1 Å². The Morgan fingerprint density at radius 2 is 1.62 bits per heavy atom. The molecule has 7 nitrogen and oxygen atoms in total. The van der Waals surface area contributed by atoms with Crippen LogP contribution in [0.3, 0.4) is 0 Å². The molecule has 0 spiro atoms. The lowest BCUT2D eigenvalue weighted by Gasteiger charge is -2.35. The van der Waals surface area contributed by atoms with Gasteiger partial charge in [0.05, 0.1) is 12.4 Å². The fraction of sp³-hybridized carbons (Fsp3) is 0.273. The van der Waals surface area contributed by atoms with Crippen molar-refractivity contribution in [2.75, 3.05) is 41.3 Å². The first kappa shape index (κ1) is 18.9. The van der Waals surface area contributed by atoms with Crippen molar-refractivity contribution >= 4 is 23.2 Å². The molecule has 0 saturated carbocycles. The number of anilines is 3. The molecule has 0 unspecified atom stereocenters. The summed E-state index contributed by atoms with van der Waals surface area (Å²) in [6.45, 7) is 7.47. The fourth-order valence-corrected chi connectivity index (χ4v) is 3.32. The molecule has 148 valence electrons. The second kappa shape index (κ2) is 8.26. The molecule has 0 atom stereocenters. The van der Waals surface area contributed by atoms with Gasteiger partial charge in [0.1, 0.15) is 17.3 Å². The van der Waals surface area contributed by atoms with Crippen LogP contribution in [0.1, 0.15) is 21.6 Å². The number of nitrogens with one attached hydrogen (secondary N) is 1. The van der Waals surface area contributed by atoms with Gasteiger partial charge in [0.2, 0.25) is 0 Å². The summed E-state index contributed by atoms with van der Waals surface area (Å²) >= 11 is 0. The van der Waals surface area contributed by atoms with E-state index in [0.717, 1.165) is 49.1 Å². The van der Waals surface area contributed by atoms with Crippen LogP contribution in [0, 0.1) is 13.8 Å². The summed E-state index contributed by atoms with van der Waals surface area (Å²) in [7, 11) is 0. The van der Waals surface area contributed by atoms with Gasteiger partial charge in [-0.2, -0.15) is 0 Å². The van der Waals surface area contributed by atoms with Crippen LogP contribution in [0.25, 0.3) is 0 Å². The monoisotopic (exact) mass is 388 g/mol. The Hall–Kier alpha value is -3.48. The molecule has 1 amide bonds. The zero-order valence-electron chi connectivity index (χ0n) is 16.7. The van der Waals surface area contributed by atoms with Crippen molar-refractivity contribution in [3.8, 4) is 0 Å². The maximum Gasteiger partial charge on any atom is 0.275 e. The molecular weight excluding hydrogens is 364 g/mol. The third kappa shape index (κ3) is 4.34. The molecule has 3 heterocycles. The average molecular weight is 388 g/mol. The maximum atomic E-state index is 12.5. The van der Waals surface area contributed by atoms with E-state index in [1.165, 1.54) is 11.8 Å². The van der Waals surface area contributed by atoms with Gasteiger partial charge in [-0.25, -0.2) is 15.0 Å². The first-order chi connectivity index (χ1) is 14.1. The summed E-state index contributed by atoms with van der Waals surface area (Å²) in [5.74, 6) is 1.53. The summed E-state index contributed by atoms with van der Waals surface area (Å²) in [6, 6.07) is 11.8. The summed E-state index contributed by atoms with van der Waals surface area (Å²) in [4.78, 5) is 30.1. The topological polar surface area (TPSA) is 74.2 Å². The van der Waals surface area contributed by atoms with Crippen molar-refractivity contribution in [1.29, 1.82) is 0 Å². The van der Waals surface area contributed by atoms with Crippen molar-refractivity contribution in [1.82, 2.24) is 15.0 Å². The minimum absolute atomic E-state index is 0.257. The molecule has 1 aliphatic rings. The molecule has 1 aromatic carbocycles. The molecule has 0 bridgehead atoms. The Morgan fingerprint density at radius 3 is 2.24 bits per heavy atom. The van der Waals surface area contributed by atoms with E-state index in [4.69, 9.17) is 0 Å². The summed E-state index contributed by atoms with van der Waals surface area (Å²) in [5, 5.41) is 2.88. The molecule has 29 heavy (non-hydrogen) atoms. The van der Waals surface area contributed by atoms with Crippen LogP contribution in [0.15, 0.2) is 55.0 Å². The number of piperazine rings is 1. The second-order valence-corrected chi connectivity index (χ2v) is 7.18. The van der Waals surface area contributed by atoms with E-state index in [1.54, 1.807) is 6.20 Å². The molecule has 2 aromatic heterocycles. The molecule has 1 N–H and O–H groups in total. The SMILES string of the molecule is Cc1ccc(NC(=O)c2cnc(N3CCN(c4ccccn4)CC3)cn2)cc1C. The minimum atomic E-state index is -0.257. The van der Waals surface area contributed by atoms with Gasteiger partial charge in [0.25, 0.3) is 5.91 Å². The lowest BCUT2D eigenvalue weighted by atomic mass is 10.1. The number of hydrogen-bond donors (Lipinski definition) is 1. The fourth-order valence-electron chi connectivity index (χ4n) is 3.32. The number of aromatic nitrogens is 3. The van der Waals surface area contributed by atoms with E-state index in [-0.39, 0.29) is 5.91 Å². The third-order valence-electron chi connectivity index (χ3n) is 5.21. The summed E-state index contributed by atoms with van der Waals surface area (Å²) < 4.78 is 0. The number of carbonyl (C=O) groups excluding carboxylic acids is 1. The quantitative estimate of drug-likeness (QED) is 0.740. The predicted octanol–water partition coefficient (Wildman–Crippen LogP) is 3.07. The molecular formula is C22H24N6O. The average Bonchev–Trinajstić information content (AvgIpc) is 2.77. The number of rotatable bonds is 4. The lowest BCUT2D eigenvalue weighted by molar-refractivity contribution is 0.102. The first-order valence-electron chi connectivity index (χ1n) is 9.72. The molecule has 0 aliphatic carbocycles. The molecule has 4 rings (SSSR count). The highest BCUT2D eigenvalue weighted by Crippen LogP contribution is 2.18.